The van der Waals surface area contributed by atoms with Crippen molar-refractivity contribution in [2.45, 2.75) is 27.3 Å². The van der Waals surface area contributed by atoms with Gasteiger partial charge < -0.3 is 16.0 Å². The van der Waals surface area contributed by atoms with Gasteiger partial charge in [-0.2, -0.15) is 0 Å². The topological polar surface area (TPSA) is 100 Å². The fourth-order valence-electron chi connectivity index (χ4n) is 2.16. The Bertz CT molecular complexity index is 803. The van der Waals surface area contributed by atoms with Crippen LogP contribution in [0.25, 0.3) is 0 Å². The van der Waals surface area contributed by atoms with Gasteiger partial charge in [-0.3, -0.25) is 19.4 Å². The Morgan fingerprint density at radius 3 is 2.27 bits per heavy atom. The number of benzene rings is 1. The second-order valence-electron chi connectivity index (χ2n) is 6.34. The lowest BCUT2D eigenvalue weighted by atomic mass is 9.91. The van der Waals surface area contributed by atoms with Gasteiger partial charge in [0, 0.05) is 24.5 Å². The summed E-state index contributed by atoms with van der Waals surface area (Å²) in [6.45, 7) is 4.75. The van der Waals surface area contributed by atoms with E-state index in [-0.39, 0.29) is 12.5 Å². The van der Waals surface area contributed by atoms with Gasteiger partial charge in [-0.25, -0.2) is 0 Å². The number of carbonyl (C=O) groups excluding carboxylic acids is 3. The maximum absolute atomic E-state index is 12.5. The Kier molecular flexibility index (Phi) is 6.06. The first-order valence-corrected chi connectivity index (χ1v) is 8.16. The molecule has 1 heterocycles. The van der Waals surface area contributed by atoms with Crippen LogP contribution in [0.5, 0.6) is 0 Å². The molecule has 0 aliphatic heterocycles. The Labute approximate surface area is 152 Å². The molecule has 1 aromatic heterocycles. The molecule has 7 heteroatoms. The lowest BCUT2D eigenvalue weighted by Gasteiger charge is -2.22. The minimum atomic E-state index is -1.28. The number of amides is 3. The van der Waals surface area contributed by atoms with E-state index in [1.54, 1.807) is 56.4 Å². The molecule has 0 fully saturated rings. The van der Waals surface area contributed by atoms with E-state index in [9.17, 15) is 14.4 Å². The molecule has 0 aliphatic rings. The van der Waals surface area contributed by atoms with Crippen molar-refractivity contribution in [2.75, 3.05) is 10.6 Å². The fraction of sp³-hybridized carbons (Fsp3) is 0.263. The number of carbonyl (C=O) groups is 3. The summed E-state index contributed by atoms with van der Waals surface area (Å²) in [6.07, 6.45) is 1.64. The van der Waals surface area contributed by atoms with Crippen molar-refractivity contribution in [1.82, 2.24) is 10.3 Å². The summed E-state index contributed by atoms with van der Waals surface area (Å²) in [7, 11) is 0. The smallest absolute Gasteiger partial charge is 0.239 e. The third-order valence-corrected chi connectivity index (χ3v) is 3.73. The van der Waals surface area contributed by atoms with E-state index >= 15 is 0 Å². The molecule has 3 amide bonds. The first-order valence-electron chi connectivity index (χ1n) is 8.16. The van der Waals surface area contributed by atoms with Gasteiger partial charge in [0.1, 0.15) is 5.41 Å². The van der Waals surface area contributed by atoms with Crippen LogP contribution in [0.3, 0.4) is 0 Å². The van der Waals surface area contributed by atoms with E-state index in [0.717, 1.165) is 0 Å². The Hall–Kier alpha value is -3.22. The minimum Gasteiger partial charge on any atom is -0.350 e. The molecular weight excluding hydrogens is 332 g/mol. The summed E-state index contributed by atoms with van der Waals surface area (Å²) in [6, 6.07) is 12.1. The molecule has 0 bridgehead atoms. The monoisotopic (exact) mass is 354 g/mol. The average molecular weight is 354 g/mol. The van der Waals surface area contributed by atoms with Crippen molar-refractivity contribution in [1.29, 1.82) is 0 Å². The van der Waals surface area contributed by atoms with Crippen LogP contribution < -0.4 is 16.0 Å². The van der Waals surface area contributed by atoms with E-state index < -0.39 is 17.2 Å². The van der Waals surface area contributed by atoms with Crippen molar-refractivity contribution in [2.24, 2.45) is 5.41 Å². The summed E-state index contributed by atoms with van der Waals surface area (Å²) in [5.74, 6) is -1.06. The molecule has 3 N–H and O–H groups in total. The number of nitrogens with zero attached hydrogens (tertiary/aromatic N) is 1. The first-order chi connectivity index (χ1) is 12.3. The molecule has 0 aliphatic carbocycles. The van der Waals surface area contributed by atoms with Gasteiger partial charge in [-0.1, -0.05) is 12.1 Å². The zero-order chi connectivity index (χ0) is 19.2. The predicted molar refractivity (Wildman–Crippen MR) is 99.2 cm³/mol. The number of anilines is 2. The Balaban J connectivity index is 2.00. The molecule has 0 unspecified atom stereocenters. The highest BCUT2D eigenvalue weighted by Crippen LogP contribution is 2.21. The van der Waals surface area contributed by atoms with Gasteiger partial charge in [0.2, 0.25) is 17.7 Å². The van der Waals surface area contributed by atoms with Crippen molar-refractivity contribution in [3.63, 3.8) is 0 Å². The van der Waals surface area contributed by atoms with Crippen LogP contribution in [0.15, 0.2) is 48.7 Å². The highest BCUT2D eigenvalue weighted by Gasteiger charge is 2.36. The Morgan fingerprint density at radius 1 is 0.962 bits per heavy atom. The highest BCUT2D eigenvalue weighted by molar-refractivity contribution is 6.10. The second kappa shape index (κ2) is 8.24. The number of hydrogen-bond donors (Lipinski definition) is 3. The third kappa shape index (κ3) is 5.14. The quantitative estimate of drug-likeness (QED) is 0.693. The number of hydrogen-bond acceptors (Lipinski definition) is 4. The van der Waals surface area contributed by atoms with Gasteiger partial charge in [0.25, 0.3) is 0 Å². The van der Waals surface area contributed by atoms with Gasteiger partial charge in [-0.05, 0) is 44.2 Å². The molecule has 136 valence electrons. The van der Waals surface area contributed by atoms with Crippen molar-refractivity contribution in [3.05, 3.63) is 54.4 Å². The van der Waals surface area contributed by atoms with E-state index in [0.29, 0.717) is 17.1 Å². The van der Waals surface area contributed by atoms with Crippen LogP contribution in [0.4, 0.5) is 11.4 Å². The molecule has 2 rings (SSSR count). The largest absolute Gasteiger partial charge is 0.350 e. The molecule has 1 aromatic carbocycles. The lowest BCUT2D eigenvalue weighted by molar-refractivity contribution is -0.138. The zero-order valence-corrected chi connectivity index (χ0v) is 15.0. The number of aromatic nitrogens is 1. The fourth-order valence-corrected chi connectivity index (χ4v) is 2.16. The van der Waals surface area contributed by atoms with E-state index in [1.165, 1.54) is 6.92 Å². The molecular formula is C19H22N4O3. The van der Waals surface area contributed by atoms with Crippen LogP contribution >= 0.6 is 0 Å². The van der Waals surface area contributed by atoms with E-state index in [2.05, 4.69) is 20.9 Å². The van der Waals surface area contributed by atoms with Crippen LogP contribution in [0.2, 0.25) is 0 Å². The molecule has 0 atom stereocenters. The normalized spacial score (nSPS) is 10.7. The summed E-state index contributed by atoms with van der Waals surface area (Å²) >= 11 is 0. The molecule has 26 heavy (non-hydrogen) atoms. The van der Waals surface area contributed by atoms with Gasteiger partial charge in [0.15, 0.2) is 0 Å². The summed E-state index contributed by atoms with van der Waals surface area (Å²) in [4.78, 5) is 40.2. The second-order valence-corrected chi connectivity index (χ2v) is 6.34. The van der Waals surface area contributed by atoms with Gasteiger partial charge >= 0.3 is 0 Å². The molecule has 2 aromatic rings. The maximum atomic E-state index is 12.5. The molecule has 0 radical (unpaired) electrons. The Morgan fingerprint density at radius 2 is 1.65 bits per heavy atom. The first kappa shape index (κ1) is 19.1. The van der Waals surface area contributed by atoms with Crippen molar-refractivity contribution < 1.29 is 14.4 Å². The summed E-state index contributed by atoms with van der Waals surface area (Å²) in [5.41, 5.74) is 0.485. The summed E-state index contributed by atoms with van der Waals surface area (Å²) in [5, 5.41) is 8.07. The van der Waals surface area contributed by atoms with Crippen molar-refractivity contribution >= 4 is 29.1 Å². The van der Waals surface area contributed by atoms with Gasteiger partial charge in [-0.15, -0.1) is 0 Å². The van der Waals surface area contributed by atoms with Crippen LogP contribution in [0.1, 0.15) is 26.5 Å². The number of nitrogens with one attached hydrogen (secondary N) is 3. The number of pyridine rings is 1. The standard InChI is InChI=1S/C19H22N4O3/c1-13(24)22-14-8-6-9-15(11-14)23-18(26)19(2,3)17(25)21-12-16-7-4-5-10-20-16/h4-11H,12H2,1-3H3,(H,21,25)(H,22,24)(H,23,26). The highest BCUT2D eigenvalue weighted by atomic mass is 16.2. The SMILES string of the molecule is CC(=O)Nc1cccc(NC(=O)C(C)(C)C(=O)NCc2ccccn2)c1. The van der Waals surface area contributed by atoms with Crippen LogP contribution in [0, 0.1) is 5.41 Å². The average Bonchev–Trinajstić information content (AvgIpc) is 2.60. The lowest BCUT2D eigenvalue weighted by Crippen LogP contribution is -2.45. The molecule has 0 spiro atoms. The van der Waals surface area contributed by atoms with E-state index in [1.807, 2.05) is 6.07 Å². The third-order valence-electron chi connectivity index (χ3n) is 3.73. The molecule has 0 saturated carbocycles. The van der Waals surface area contributed by atoms with Crippen LogP contribution in [-0.2, 0) is 20.9 Å². The van der Waals surface area contributed by atoms with Gasteiger partial charge in [0.05, 0.1) is 12.2 Å². The maximum Gasteiger partial charge on any atom is 0.239 e. The molecule has 0 saturated heterocycles. The summed E-state index contributed by atoms with van der Waals surface area (Å²) < 4.78 is 0. The minimum absolute atomic E-state index is 0.206. The van der Waals surface area contributed by atoms with Crippen molar-refractivity contribution in [3.8, 4) is 0 Å². The zero-order valence-electron chi connectivity index (χ0n) is 15.0. The number of rotatable bonds is 6. The predicted octanol–water partition coefficient (Wildman–Crippen LogP) is 2.32. The molecule has 7 nitrogen and oxygen atoms in total. The van der Waals surface area contributed by atoms with E-state index in [4.69, 9.17) is 0 Å². The van der Waals surface area contributed by atoms with Crippen LogP contribution in [-0.4, -0.2) is 22.7 Å².